The zero-order valence-corrected chi connectivity index (χ0v) is 18.2. The molecule has 0 aliphatic rings. The molecule has 2 atom stereocenters. The predicted molar refractivity (Wildman–Crippen MR) is 118 cm³/mol. The van der Waals surface area contributed by atoms with Gasteiger partial charge in [-0.1, -0.05) is 48.5 Å². The van der Waals surface area contributed by atoms with Gasteiger partial charge in [-0.05, 0) is 50.8 Å². The molecule has 0 fully saturated rings. The van der Waals surface area contributed by atoms with E-state index in [1.165, 1.54) is 0 Å². The first-order chi connectivity index (χ1) is 14.3. The van der Waals surface area contributed by atoms with Gasteiger partial charge in [0.15, 0.2) is 0 Å². The van der Waals surface area contributed by atoms with Gasteiger partial charge in [-0.15, -0.1) is 11.6 Å². The number of hydrogen-bond donors (Lipinski definition) is 0. The molecule has 2 rings (SSSR count). The molecule has 0 aliphatic heterocycles. The third-order valence-electron chi connectivity index (χ3n) is 5.33. The molecule has 2 aromatic carbocycles. The van der Waals surface area contributed by atoms with Crippen LogP contribution in [0.3, 0.4) is 0 Å². The van der Waals surface area contributed by atoms with Gasteiger partial charge in [0.1, 0.15) is 4.87 Å². The minimum absolute atomic E-state index is 0.286. The van der Waals surface area contributed by atoms with Gasteiger partial charge in [0.25, 0.3) is 0 Å². The molecule has 0 radical (unpaired) electrons. The molecule has 0 aromatic heterocycles. The Morgan fingerprint density at radius 3 is 2.17 bits per heavy atom. The largest absolute Gasteiger partial charge is 0.462 e. The zero-order valence-electron chi connectivity index (χ0n) is 17.5. The standard InChI is InChI=1S/C25H27ClN2O2/c1-24(2,18-27)22(25(26,19-28)17-20-11-5-3-6-12-20)15-9-10-16-30-23(29)21-13-7-4-8-14-21/h3-8,11-14,22H,9-10,15-17H2,1-2H3. The van der Waals surface area contributed by atoms with Crippen LogP contribution in [0.2, 0.25) is 0 Å². The number of hydrogen-bond acceptors (Lipinski definition) is 4. The lowest BCUT2D eigenvalue weighted by Gasteiger charge is -2.37. The Balaban J connectivity index is 1.99. The van der Waals surface area contributed by atoms with E-state index in [1.54, 1.807) is 24.3 Å². The van der Waals surface area contributed by atoms with Gasteiger partial charge in [-0.25, -0.2) is 4.79 Å². The molecular weight excluding hydrogens is 396 g/mol. The van der Waals surface area contributed by atoms with Gasteiger partial charge < -0.3 is 4.74 Å². The third-order valence-corrected chi connectivity index (χ3v) is 5.81. The van der Waals surface area contributed by atoms with Crippen molar-refractivity contribution in [1.29, 1.82) is 10.5 Å². The van der Waals surface area contributed by atoms with Crippen molar-refractivity contribution in [2.24, 2.45) is 11.3 Å². The normalized spacial score (nSPS) is 14.0. The summed E-state index contributed by atoms with van der Waals surface area (Å²) in [5.41, 5.74) is 0.713. The second-order valence-electron chi connectivity index (χ2n) is 8.02. The fourth-order valence-electron chi connectivity index (χ4n) is 3.65. The number of nitriles is 2. The van der Waals surface area contributed by atoms with Gasteiger partial charge in [0, 0.05) is 12.3 Å². The van der Waals surface area contributed by atoms with Gasteiger partial charge in [-0.2, -0.15) is 10.5 Å². The van der Waals surface area contributed by atoms with Crippen molar-refractivity contribution in [3.63, 3.8) is 0 Å². The van der Waals surface area contributed by atoms with E-state index in [0.29, 0.717) is 31.2 Å². The Labute approximate surface area is 184 Å². The van der Waals surface area contributed by atoms with E-state index in [1.807, 2.05) is 50.2 Å². The Kier molecular flexibility index (Phi) is 8.46. The second-order valence-corrected chi connectivity index (χ2v) is 8.69. The molecule has 0 heterocycles. The number of benzene rings is 2. The zero-order chi connectivity index (χ0) is 22.0. The highest BCUT2D eigenvalue weighted by Gasteiger charge is 2.46. The summed E-state index contributed by atoms with van der Waals surface area (Å²) < 4.78 is 5.33. The Morgan fingerprint density at radius 1 is 1.00 bits per heavy atom. The molecule has 5 heteroatoms. The molecule has 30 heavy (non-hydrogen) atoms. The van der Waals surface area contributed by atoms with Crippen LogP contribution in [-0.4, -0.2) is 17.5 Å². The van der Waals surface area contributed by atoms with Gasteiger partial charge in [0.05, 0.1) is 29.7 Å². The number of alkyl halides is 1. The molecule has 0 aliphatic carbocycles. The number of esters is 1. The summed E-state index contributed by atoms with van der Waals surface area (Å²) in [5, 5.41) is 19.6. The summed E-state index contributed by atoms with van der Waals surface area (Å²) in [6.45, 7) is 3.94. The van der Waals surface area contributed by atoms with Crippen LogP contribution in [0, 0.1) is 34.0 Å². The summed E-state index contributed by atoms with van der Waals surface area (Å²) in [7, 11) is 0. The van der Waals surface area contributed by atoms with E-state index in [4.69, 9.17) is 16.3 Å². The number of unbranched alkanes of at least 4 members (excludes halogenated alkanes) is 1. The molecule has 0 amide bonds. The molecule has 0 saturated heterocycles. The maximum Gasteiger partial charge on any atom is 0.338 e. The van der Waals surface area contributed by atoms with Crippen LogP contribution in [-0.2, 0) is 11.2 Å². The number of carbonyl (C=O) groups excluding carboxylic acids is 1. The lowest BCUT2D eigenvalue weighted by atomic mass is 9.68. The minimum atomic E-state index is -1.19. The molecule has 0 N–H and O–H groups in total. The molecule has 2 aromatic rings. The molecule has 2 unspecified atom stereocenters. The summed E-state index contributed by atoms with van der Waals surface area (Å²) in [4.78, 5) is 10.8. The van der Waals surface area contributed by atoms with E-state index in [9.17, 15) is 15.3 Å². The number of ether oxygens (including phenoxy) is 1. The van der Waals surface area contributed by atoms with Crippen LogP contribution in [0.4, 0.5) is 0 Å². The maximum atomic E-state index is 12.0. The fraction of sp³-hybridized carbons (Fsp3) is 0.400. The van der Waals surface area contributed by atoms with E-state index >= 15 is 0 Å². The van der Waals surface area contributed by atoms with Crippen molar-refractivity contribution in [3.05, 3.63) is 71.8 Å². The third kappa shape index (κ3) is 6.34. The van der Waals surface area contributed by atoms with Crippen molar-refractivity contribution in [3.8, 4) is 12.1 Å². The molecule has 0 saturated carbocycles. The van der Waals surface area contributed by atoms with Gasteiger partial charge >= 0.3 is 5.97 Å². The van der Waals surface area contributed by atoms with Crippen LogP contribution in [0.1, 0.15) is 49.0 Å². The highest BCUT2D eigenvalue weighted by Crippen LogP contribution is 2.43. The van der Waals surface area contributed by atoms with E-state index in [-0.39, 0.29) is 18.5 Å². The Bertz CT molecular complexity index is 900. The number of rotatable bonds is 10. The summed E-state index contributed by atoms with van der Waals surface area (Å²) in [5.74, 6) is -0.691. The molecule has 4 nitrogen and oxygen atoms in total. The molecular formula is C25H27ClN2O2. The molecule has 0 bridgehead atoms. The van der Waals surface area contributed by atoms with Crippen LogP contribution in [0.25, 0.3) is 0 Å². The first kappa shape index (κ1) is 23.5. The highest BCUT2D eigenvalue weighted by molar-refractivity contribution is 6.26. The molecule has 0 spiro atoms. The molecule has 156 valence electrons. The lowest BCUT2D eigenvalue weighted by molar-refractivity contribution is 0.0494. The predicted octanol–water partition coefficient (Wildman–Crippen LogP) is 5.92. The Morgan fingerprint density at radius 2 is 1.60 bits per heavy atom. The van der Waals surface area contributed by atoms with E-state index in [0.717, 1.165) is 5.56 Å². The van der Waals surface area contributed by atoms with Gasteiger partial charge in [0.2, 0.25) is 0 Å². The average molecular weight is 423 g/mol. The fourth-order valence-corrected chi connectivity index (χ4v) is 4.18. The quantitative estimate of drug-likeness (QED) is 0.270. The lowest BCUT2D eigenvalue weighted by Crippen LogP contribution is -2.41. The summed E-state index contributed by atoms with van der Waals surface area (Å²) in [6, 6.07) is 23.1. The monoisotopic (exact) mass is 422 g/mol. The maximum absolute atomic E-state index is 12.0. The minimum Gasteiger partial charge on any atom is -0.462 e. The SMILES string of the molecule is CC(C)(C#N)C(CCCCOC(=O)c1ccccc1)C(Cl)(C#N)Cc1ccccc1. The number of carbonyl (C=O) groups is 1. The van der Waals surface area contributed by atoms with E-state index in [2.05, 4.69) is 12.1 Å². The number of nitrogens with zero attached hydrogens (tertiary/aromatic N) is 2. The summed E-state index contributed by atoms with van der Waals surface area (Å²) in [6.07, 6.45) is 2.29. The summed E-state index contributed by atoms with van der Waals surface area (Å²) >= 11 is 6.83. The van der Waals surface area contributed by atoms with Crippen molar-refractivity contribution < 1.29 is 9.53 Å². The van der Waals surface area contributed by atoms with Crippen LogP contribution in [0.5, 0.6) is 0 Å². The second kappa shape index (κ2) is 10.8. The highest BCUT2D eigenvalue weighted by atomic mass is 35.5. The van der Waals surface area contributed by atoms with Crippen molar-refractivity contribution in [2.45, 2.75) is 44.4 Å². The van der Waals surface area contributed by atoms with Crippen LogP contribution in [0.15, 0.2) is 60.7 Å². The first-order valence-corrected chi connectivity index (χ1v) is 10.5. The smallest absolute Gasteiger partial charge is 0.338 e. The van der Waals surface area contributed by atoms with Crippen LogP contribution < -0.4 is 0 Å². The van der Waals surface area contributed by atoms with Crippen molar-refractivity contribution >= 4 is 17.6 Å². The average Bonchev–Trinajstić information content (AvgIpc) is 2.77. The first-order valence-electron chi connectivity index (χ1n) is 10.1. The topological polar surface area (TPSA) is 73.9 Å². The van der Waals surface area contributed by atoms with Crippen molar-refractivity contribution in [1.82, 2.24) is 0 Å². The van der Waals surface area contributed by atoms with Crippen LogP contribution >= 0.6 is 11.6 Å². The number of halogens is 1. The van der Waals surface area contributed by atoms with Gasteiger partial charge in [-0.3, -0.25) is 0 Å². The Hall–Kier alpha value is -2.82. The van der Waals surface area contributed by atoms with E-state index < -0.39 is 10.3 Å². The van der Waals surface area contributed by atoms with Crippen molar-refractivity contribution in [2.75, 3.05) is 6.61 Å².